The number of aliphatic hydroxyl groups excluding tert-OH is 1. The zero-order chi connectivity index (χ0) is 14.7. The summed E-state index contributed by atoms with van der Waals surface area (Å²) in [6, 6.07) is 7.23. The average Bonchev–Trinajstić information content (AvgIpc) is 2.46. The molecule has 1 atom stereocenters. The number of aryl methyl sites for hydroxylation is 1. The fourth-order valence-corrected chi connectivity index (χ4v) is 2.77. The number of benzene rings is 1. The van der Waals surface area contributed by atoms with Crippen molar-refractivity contribution < 1.29 is 14.6 Å². The lowest BCUT2D eigenvalue weighted by molar-refractivity contribution is 0.213. The highest BCUT2D eigenvalue weighted by Crippen LogP contribution is 2.41. The quantitative estimate of drug-likeness (QED) is 0.930. The molecule has 5 heteroatoms. The Hall–Kier alpha value is -1.59. The lowest BCUT2D eigenvalue weighted by Crippen LogP contribution is -2.06. The molecule has 0 spiro atoms. The standard InChI is InChI=1S/C15H16BrNO3/c1-9-10(5-4-8-17-9)14(18)11-6-7-12(19-2)13(16)15(11)20-3/h4-8,14,18H,1-3H3. The summed E-state index contributed by atoms with van der Waals surface area (Å²) in [5.74, 6) is 1.21. The Morgan fingerprint density at radius 2 is 1.90 bits per heavy atom. The Labute approximate surface area is 126 Å². The predicted molar refractivity (Wildman–Crippen MR) is 80.3 cm³/mol. The average molecular weight is 338 g/mol. The van der Waals surface area contributed by atoms with Gasteiger partial charge >= 0.3 is 0 Å². The van der Waals surface area contributed by atoms with Crippen molar-refractivity contribution in [3.63, 3.8) is 0 Å². The molecular weight excluding hydrogens is 322 g/mol. The lowest BCUT2D eigenvalue weighted by atomic mass is 9.99. The monoisotopic (exact) mass is 337 g/mol. The molecule has 4 nitrogen and oxygen atoms in total. The van der Waals surface area contributed by atoms with E-state index in [4.69, 9.17) is 9.47 Å². The van der Waals surface area contributed by atoms with Crippen molar-refractivity contribution in [2.45, 2.75) is 13.0 Å². The summed E-state index contributed by atoms with van der Waals surface area (Å²) >= 11 is 3.44. The summed E-state index contributed by atoms with van der Waals surface area (Å²) in [4.78, 5) is 4.20. The van der Waals surface area contributed by atoms with Gasteiger partial charge in [-0.2, -0.15) is 0 Å². The molecule has 0 aliphatic heterocycles. The van der Waals surface area contributed by atoms with Gasteiger partial charge in [0.1, 0.15) is 22.1 Å². The van der Waals surface area contributed by atoms with Crippen LogP contribution < -0.4 is 9.47 Å². The summed E-state index contributed by atoms with van der Waals surface area (Å²) < 4.78 is 11.3. The van der Waals surface area contributed by atoms with Crippen LogP contribution in [0.15, 0.2) is 34.9 Å². The summed E-state index contributed by atoms with van der Waals surface area (Å²) in [6.07, 6.45) is 0.896. The number of rotatable bonds is 4. The van der Waals surface area contributed by atoms with Gasteiger partial charge in [0, 0.05) is 23.0 Å². The maximum absolute atomic E-state index is 10.6. The molecule has 2 aromatic rings. The lowest BCUT2D eigenvalue weighted by Gasteiger charge is -2.18. The van der Waals surface area contributed by atoms with Gasteiger partial charge in [-0.25, -0.2) is 0 Å². The van der Waals surface area contributed by atoms with E-state index in [9.17, 15) is 5.11 Å². The van der Waals surface area contributed by atoms with Crippen molar-refractivity contribution in [3.8, 4) is 11.5 Å². The van der Waals surface area contributed by atoms with Gasteiger partial charge in [-0.15, -0.1) is 0 Å². The predicted octanol–water partition coefficient (Wildman–Crippen LogP) is 3.25. The number of aromatic nitrogens is 1. The molecule has 1 N–H and O–H groups in total. The molecule has 0 fully saturated rings. The normalized spacial score (nSPS) is 12.1. The molecule has 1 aromatic carbocycles. The highest BCUT2D eigenvalue weighted by atomic mass is 79.9. The molecule has 2 rings (SSSR count). The Balaban J connectivity index is 2.53. The maximum Gasteiger partial charge on any atom is 0.142 e. The summed E-state index contributed by atoms with van der Waals surface area (Å²) in [5, 5.41) is 10.6. The molecule has 1 unspecified atom stereocenters. The van der Waals surface area contributed by atoms with Crippen molar-refractivity contribution >= 4 is 15.9 Å². The largest absolute Gasteiger partial charge is 0.495 e. The molecule has 0 amide bonds. The summed E-state index contributed by atoms with van der Waals surface area (Å²) in [7, 11) is 3.15. The summed E-state index contributed by atoms with van der Waals surface area (Å²) in [6.45, 7) is 1.86. The SMILES string of the molecule is COc1ccc(C(O)c2cccnc2C)c(OC)c1Br. The van der Waals surface area contributed by atoms with E-state index in [0.717, 1.165) is 11.3 Å². The van der Waals surface area contributed by atoms with Gasteiger partial charge in [0.15, 0.2) is 0 Å². The fourth-order valence-electron chi connectivity index (χ4n) is 2.09. The van der Waals surface area contributed by atoms with Crippen molar-refractivity contribution in [2.75, 3.05) is 14.2 Å². The van der Waals surface area contributed by atoms with Crippen LogP contribution in [0.2, 0.25) is 0 Å². The third-order valence-electron chi connectivity index (χ3n) is 3.15. The fraction of sp³-hybridized carbons (Fsp3) is 0.267. The number of pyridine rings is 1. The second kappa shape index (κ2) is 6.24. The van der Waals surface area contributed by atoms with Gasteiger partial charge in [-0.1, -0.05) is 6.07 Å². The van der Waals surface area contributed by atoms with E-state index in [1.807, 2.05) is 13.0 Å². The van der Waals surface area contributed by atoms with Crippen LogP contribution in [0.3, 0.4) is 0 Å². The molecule has 0 saturated heterocycles. The van der Waals surface area contributed by atoms with Crippen LogP contribution in [-0.2, 0) is 0 Å². The molecule has 0 aliphatic rings. The molecule has 0 radical (unpaired) electrons. The maximum atomic E-state index is 10.6. The smallest absolute Gasteiger partial charge is 0.142 e. The Bertz CT molecular complexity index is 616. The minimum Gasteiger partial charge on any atom is -0.495 e. The molecule has 106 valence electrons. The third kappa shape index (κ3) is 2.64. The van der Waals surface area contributed by atoms with Crippen LogP contribution in [-0.4, -0.2) is 24.3 Å². The van der Waals surface area contributed by atoms with Crippen molar-refractivity contribution in [1.82, 2.24) is 4.98 Å². The topological polar surface area (TPSA) is 51.6 Å². The van der Waals surface area contributed by atoms with Crippen LogP contribution >= 0.6 is 15.9 Å². The molecule has 0 bridgehead atoms. The van der Waals surface area contributed by atoms with Gasteiger partial charge in [-0.05, 0) is 41.1 Å². The first-order valence-corrected chi connectivity index (χ1v) is 6.89. The Morgan fingerprint density at radius 1 is 1.15 bits per heavy atom. The second-order valence-electron chi connectivity index (χ2n) is 4.28. The number of nitrogens with zero attached hydrogens (tertiary/aromatic N) is 1. The van der Waals surface area contributed by atoms with Gasteiger partial charge in [0.2, 0.25) is 0 Å². The molecule has 1 heterocycles. The van der Waals surface area contributed by atoms with E-state index in [-0.39, 0.29) is 0 Å². The first-order valence-electron chi connectivity index (χ1n) is 6.10. The van der Waals surface area contributed by atoms with E-state index < -0.39 is 6.10 Å². The van der Waals surface area contributed by atoms with Crippen LogP contribution in [0, 0.1) is 6.92 Å². The molecular formula is C15H16BrNO3. The number of hydrogen-bond donors (Lipinski definition) is 1. The molecule has 20 heavy (non-hydrogen) atoms. The zero-order valence-electron chi connectivity index (χ0n) is 11.6. The summed E-state index contributed by atoms with van der Waals surface area (Å²) in [5.41, 5.74) is 2.20. The highest BCUT2D eigenvalue weighted by Gasteiger charge is 2.21. The first-order chi connectivity index (χ1) is 9.60. The number of methoxy groups -OCH3 is 2. The van der Waals surface area contributed by atoms with Crippen LogP contribution in [0.4, 0.5) is 0 Å². The van der Waals surface area contributed by atoms with E-state index in [0.29, 0.717) is 21.5 Å². The Morgan fingerprint density at radius 3 is 2.50 bits per heavy atom. The van der Waals surface area contributed by atoms with Crippen LogP contribution in [0.1, 0.15) is 22.9 Å². The van der Waals surface area contributed by atoms with Gasteiger partial charge < -0.3 is 14.6 Å². The van der Waals surface area contributed by atoms with Gasteiger partial charge in [0.05, 0.1) is 14.2 Å². The van der Waals surface area contributed by atoms with Crippen LogP contribution in [0.25, 0.3) is 0 Å². The minimum absolute atomic E-state index is 0.556. The molecule has 0 saturated carbocycles. The first kappa shape index (κ1) is 14.8. The van der Waals surface area contributed by atoms with Crippen molar-refractivity contribution in [1.29, 1.82) is 0 Å². The Kier molecular flexibility index (Phi) is 4.62. The van der Waals surface area contributed by atoms with Gasteiger partial charge in [-0.3, -0.25) is 4.98 Å². The third-order valence-corrected chi connectivity index (χ3v) is 3.90. The van der Waals surface area contributed by atoms with Crippen molar-refractivity contribution in [3.05, 3.63) is 51.8 Å². The number of hydrogen-bond acceptors (Lipinski definition) is 4. The minimum atomic E-state index is -0.805. The highest BCUT2D eigenvalue weighted by molar-refractivity contribution is 9.10. The van der Waals surface area contributed by atoms with E-state index in [1.54, 1.807) is 38.6 Å². The second-order valence-corrected chi connectivity index (χ2v) is 5.08. The van der Waals surface area contributed by atoms with Gasteiger partial charge in [0.25, 0.3) is 0 Å². The number of aliphatic hydroxyl groups is 1. The molecule has 0 aliphatic carbocycles. The van der Waals surface area contributed by atoms with E-state index >= 15 is 0 Å². The molecule has 1 aromatic heterocycles. The zero-order valence-corrected chi connectivity index (χ0v) is 13.1. The van der Waals surface area contributed by atoms with Crippen LogP contribution in [0.5, 0.6) is 11.5 Å². The number of halogens is 1. The van der Waals surface area contributed by atoms with Crippen molar-refractivity contribution in [2.24, 2.45) is 0 Å². The van der Waals surface area contributed by atoms with E-state index in [1.165, 1.54) is 0 Å². The van der Waals surface area contributed by atoms with E-state index in [2.05, 4.69) is 20.9 Å². The number of ether oxygens (including phenoxy) is 2.